The van der Waals surface area contributed by atoms with Crippen LogP contribution < -0.4 is 5.32 Å². The number of alkyl halides is 1. The van der Waals surface area contributed by atoms with Gasteiger partial charge in [0.25, 0.3) is 0 Å². The molecule has 1 atom stereocenters. The minimum Gasteiger partial charge on any atom is -0.324 e. The summed E-state index contributed by atoms with van der Waals surface area (Å²) >= 11 is 12.8. The van der Waals surface area contributed by atoms with Crippen LogP contribution in [0.25, 0.3) is 0 Å². The highest BCUT2D eigenvalue weighted by atomic mass is 35.5. The van der Waals surface area contributed by atoms with Crippen LogP contribution in [0.2, 0.25) is 5.02 Å². The second-order valence-corrected chi connectivity index (χ2v) is 6.22. The van der Waals surface area contributed by atoms with Crippen molar-refractivity contribution < 1.29 is 4.79 Å². The molecule has 4 heteroatoms. The summed E-state index contributed by atoms with van der Waals surface area (Å²) in [7, 11) is 0. The molecule has 0 aromatic heterocycles. The molecule has 1 aromatic rings. The maximum absolute atomic E-state index is 12.3. The average Bonchev–Trinajstić information content (AvgIpc) is 2.64. The summed E-state index contributed by atoms with van der Waals surface area (Å²) in [4.78, 5) is 11.4. The largest absolute Gasteiger partial charge is 0.324 e. The summed E-state index contributed by atoms with van der Waals surface area (Å²) in [6, 6.07) is 5.45. The van der Waals surface area contributed by atoms with Crippen molar-refractivity contribution in [2.24, 2.45) is 5.92 Å². The van der Waals surface area contributed by atoms with Crippen molar-refractivity contribution in [1.82, 2.24) is 0 Å². The van der Waals surface area contributed by atoms with Crippen molar-refractivity contribution >= 4 is 34.8 Å². The molecule has 0 saturated heterocycles. The van der Waals surface area contributed by atoms with Crippen LogP contribution in [-0.2, 0) is 9.67 Å². The fraction of sp³-hybridized carbons (Fsp3) is 0.500. The Balaban J connectivity index is 2.05. The Labute approximate surface area is 117 Å². The Hall–Kier alpha value is -0.730. The van der Waals surface area contributed by atoms with Gasteiger partial charge in [0.05, 0.1) is 0 Å². The van der Waals surface area contributed by atoms with Crippen LogP contribution in [0, 0.1) is 5.92 Å². The van der Waals surface area contributed by atoms with Gasteiger partial charge in [-0.1, -0.05) is 30.9 Å². The number of halogens is 2. The molecule has 1 heterocycles. The first-order chi connectivity index (χ1) is 8.62. The number of anilines is 1. The van der Waals surface area contributed by atoms with Gasteiger partial charge in [-0.25, -0.2) is 0 Å². The molecule has 2 aliphatic rings. The number of hydrogen-bond acceptors (Lipinski definition) is 1. The van der Waals surface area contributed by atoms with E-state index >= 15 is 0 Å². The third kappa shape index (κ3) is 1.74. The lowest BCUT2D eigenvalue weighted by molar-refractivity contribution is -0.120. The molecule has 1 aromatic carbocycles. The number of hydrogen-bond donors (Lipinski definition) is 1. The molecule has 1 unspecified atom stereocenters. The molecule has 2 nitrogen and oxygen atoms in total. The predicted octanol–water partition coefficient (Wildman–Crippen LogP) is 4.31. The molecule has 0 radical (unpaired) electrons. The second-order valence-electron chi connectivity index (χ2n) is 5.19. The van der Waals surface area contributed by atoms with Crippen LogP contribution in [0.1, 0.15) is 37.7 Å². The van der Waals surface area contributed by atoms with Crippen LogP contribution in [0.3, 0.4) is 0 Å². The van der Waals surface area contributed by atoms with E-state index in [1.807, 2.05) is 12.1 Å². The zero-order chi connectivity index (χ0) is 12.8. The standard InChI is InChI=1S/C14H15Cl2NO/c15-10-6-7-12-11(8-10)14(16,13(18)17-12)9-4-2-1-3-5-9/h6-9H,1-5H2,(H,17,18). The van der Waals surface area contributed by atoms with E-state index in [0.29, 0.717) is 5.02 Å². The first-order valence-corrected chi connectivity index (χ1v) is 7.18. The molecular formula is C14H15Cl2NO. The quantitative estimate of drug-likeness (QED) is 0.765. The van der Waals surface area contributed by atoms with E-state index in [0.717, 1.165) is 36.9 Å². The Kier molecular flexibility index (Phi) is 3.03. The van der Waals surface area contributed by atoms with Gasteiger partial charge < -0.3 is 5.32 Å². The SMILES string of the molecule is O=C1Nc2ccc(Cl)cc2C1(Cl)C1CCCCC1. The third-order valence-electron chi connectivity index (χ3n) is 4.12. The summed E-state index contributed by atoms with van der Waals surface area (Å²) in [5, 5.41) is 3.51. The topological polar surface area (TPSA) is 29.1 Å². The number of carbonyl (C=O) groups is 1. The summed E-state index contributed by atoms with van der Waals surface area (Å²) < 4.78 is 0. The number of amides is 1. The molecule has 1 aliphatic heterocycles. The van der Waals surface area contributed by atoms with E-state index in [2.05, 4.69) is 5.32 Å². The van der Waals surface area contributed by atoms with Gasteiger partial charge in [0.15, 0.2) is 4.87 Å². The van der Waals surface area contributed by atoms with Gasteiger partial charge in [-0.2, -0.15) is 0 Å². The fourth-order valence-corrected chi connectivity index (χ4v) is 3.76. The monoisotopic (exact) mass is 283 g/mol. The number of carbonyl (C=O) groups excluding carboxylic acids is 1. The molecule has 0 bridgehead atoms. The Morgan fingerprint density at radius 3 is 2.67 bits per heavy atom. The lowest BCUT2D eigenvalue weighted by atomic mass is 9.76. The van der Waals surface area contributed by atoms with Crippen LogP contribution >= 0.6 is 23.2 Å². The Morgan fingerprint density at radius 1 is 1.22 bits per heavy atom. The predicted molar refractivity (Wildman–Crippen MR) is 74.2 cm³/mol. The summed E-state index contributed by atoms with van der Waals surface area (Å²) in [5.41, 5.74) is 1.67. The highest BCUT2D eigenvalue weighted by molar-refractivity contribution is 6.39. The highest BCUT2D eigenvalue weighted by Crippen LogP contribution is 2.51. The average molecular weight is 284 g/mol. The van der Waals surface area contributed by atoms with Gasteiger partial charge in [0.2, 0.25) is 5.91 Å². The van der Waals surface area contributed by atoms with E-state index in [9.17, 15) is 4.79 Å². The van der Waals surface area contributed by atoms with Crippen molar-refractivity contribution in [2.45, 2.75) is 37.0 Å². The lowest BCUT2D eigenvalue weighted by Crippen LogP contribution is -2.37. The zero-order valence-electron chi connectivity index (χ0n) is 10.0. The van der Waals surface area contributed by atoms with Crippen molar-refractivity contribution in [1.29, 1.82) is 0 Å². The molecule has 1 N–H and O–H groups in total. The molecular weight excluding hydrogens is 269 g/mol. The molecule has 3 rings (SSSR count). The van der Waals surface area contributed by atoms with Crippen molar-refractivity contribution in [3.8, 4) is 0 Å². The maximum Gasteiger partial charge on any atom is 0.250 e. The lowest BCUT2D eigenvalue weighted by Gasteiger charge is -2.33. The van der Waals surface area contributed by atoms with Crippen molar-refractivity contribution in [3.63, 3.8) is 0 Å². The van der Waals surface area contributed by atoms with Crippen molar-refractivity contribution in [3.05, 3.63) is 28.8 Å². The second kappa shape index (κ2) is 4.43. The Bertz CT molecular complexity index is 497. The number of nitrogens with one attached hydrogen (secondary N) is 1. The summed E-state index contributed by atoms with van der Waals surface area (Å²) in [5.74, 6) is 0.126. The first kappa shape index (κ1) is 12.3. The van der Waals surface area contributed by atoms with Gasteiger partial charge in [-0.05, 0) is 37.0 Å². The molecule has 1 fully saturated rings. The molecule has 96 valence electrons. The van der Waals surface area contributed by atoms with Gasteiger partial charge >= 0.3 is 0 Å². The van der Waals surface area contributed by atoms with Crippen LogP contribution in [0.4, 0.5) is 5.69 Å². The molecule has 1 aliphatic carbocycles. The van der Waals surface area contributed by atoms with Crippen molar-refractivity contribution in [2.75, 3.05) is 5.32 Å². The zero-order valence-corrected chi connectivity index (χ0v) is 11.5. The fourth-order valence-electron chi connectivity index (χ4n) is 3.17. The van der Waals surface area contributed by atoms with E-state index in [1.165, 1.54) is 6.42 Å². The summed E-state index contributed by atoms with van der Waals surface area (Å²) in [6.45, 7) is 0. The molecule has 1 amide bonds. The van der Waals surface area contributed by atoms with E-state index in [1.54, 1.807) is 6.07 Å². The summed E-state index contributed by atoms with van der Waals surface area (Å²) in [6.07, 6.45) is 5.59. The molecule has 0 spiro atoms. The van der Waals surface area contributed by atoms with Gasteiger partial charge in [-0.3, -0.25) is 4.79 Å². The minimum absolute atomic E-state index is 0.0895. The van der Waals surface area contributed by atoms with Gasteiger partial charge in [-0.15, -0.1) is 11.6 Å². The van der Waals surface area contributed by atoms with Crippen LogP contribution in [0.5, 0.6) is 0 Å². The first-order valence-electron chi connectivity index (χ1n) is 6.43. The number of benzene rings is 1. The van der Waals surface area contributed by atoms with E-state index < -0.39 is 4.87 Å². The van der Waals surface area contributed by atoms with Crippen LogP contribution in [-0.4, -0.2) is 5.91 Å². The van der Waals surface area contributed by atoms with E-state index in [-0.39, 0.29) is 11.8 Å². The maximum atomic E-state index is 12.3. The van der Waals surface area contributed by atoms with Crippen LogP contribution in [0.15, 0.2) is 18.2 Å². The third-order valence-corrected chi connectivity index (χ3v) is 5.04. The highest BCUT2D eigenvalue weighted by Gasteiger charge is 2.51. The number of fused-ring (bicyclic) bond motifs is 1. The van der Waals surface area contributed by atoms with Gasteiger partial charge in [0.1, 0.15) is 0 Å². The Morgan fingerprint density at radius 2 is 1.94 bits per heavy atom. The van der Waals surface area contributed by atoms with Gasteiger partial charge in [0, 0.05) is 16.3 Å². The van der Waals surface area contributed by atoms with E-state index in [4.69, 9.17) is 23.2 Å². The molecule has 1 saturated carbocycles. The molecule has 18 heavy (non-hydrogen) atoms. The minimum atomic E-state index is -0.916. The number of rotatable bonds is 1. The smallest absolute Gasteiger partial charge is 0.250 e. The normalized spacial score (nSPS) is 28.0.